The summed E-state index contributed by atoms with van der Waals surface area (Å²) in [7, 11) is 1.55. The SMILES string of the molecule is COc1ccc(Br)cc1NC(=O)C(N)c1ccccc1. The molecule has 0 radical (unpaired) electrons. The third kappa shape index (κ3) is 3.37. The Balaban J connectivity index is 2.18. The molecule has 0 aliphatic carbocycles. The third-order valence-electron chi connectivity index (χ3n) is 2.86. The van der Waals surface area contributed by atoms with Crippen molar-refractivity contribution in [1.29, 1.82) is 0 Å². The molecule has 0 aliphatic rings. The van der Waals surface area contributed by atoms with Gasteiger partial charge in [0.05, 0.1) is 12.8 Å². The fourth-order valence-corrected chi connectivity index (χ4v) is 2.16. The van der Waals surface area contributed by atoms with E-state index in [0.29, 0.717) is 11.4 Å². The van der Waals surface area contributed by atoms with E-state index < -0.39 is 6.04 Å². The summed E-state index contributed by atoms with van der Waals surface area (Å²) >= 11 is 3.36. The lowest BCUT2D eigenvalue weighted by Crippen LogP contribution is -2.27. The van der Waals surface area contributed by atoms with Gasteiger partial charge in [0.2, 0.25) is 5.91 Å². The molecule has 104 valence electrons. The number of halogens is 1. The number of ether oxygens (including phenoxy) is 1. The lowest BCUT2D eigenvalue weighted by Gasteiger charge is -2.15. The Labute approximate surface area is 126 Å². The highest BCUT2D eigenvalue weighted by atomic mass is 79.9. The summed E-state index contributed by atoms with van der Waals surface area (Å²) in [5.41, 5.74) is 7.30. The molecule has 1 atom stereocenters. The molecule has 4 nitrogen and oxygen atoms in total. The minimum absolute atomic E-state index is 0.285. The zero-order chi connectivity index (χ0) is 14.5. The second-order valence-electron chi connectivity index (χ2n) is 4.22. The van der Waals surface area contributed by atoms with Gasteiger partial charge in [-0.15, -0.1) is 0 Å². The number of anilines is 1. The average molecular weight is 335 g/mol. The number of benzene rings is 2. The topological polar surface area (TPSA) is 64.3 Å². The minimum Gasteiger partial charge on any atom is -0.495 e. The molecule has 0 spiro atoms. The van der Waals surface area contributed by atoms with E-state index in [4.69, 9.17) is 10.5 Å². The minimum atomic E-state index is -0.722. The summed E-state index contributed by atoms with van der Waals surface area (Å²) in [5.74, 6) is 0.300. The molecule has 1 unspecified atom stereocenters. The molecule has 0 heterocycles. The van der Waals surface area contributed by atoms with Gasteiger partial charge in [-0.25, -0.2) is 0 Å². The van der Waals surface area contributed by atoms with Crippen molar-refractivity contribution in [2.75, 3.05) is 12.4 Å². The van der Waals surface area contributed by atoms with Gasteiger partial charge >= 0.3 is 0 Å². The van der Waals surface area contributed by atoms with E-state index >= 15 is 0 Å². The summed E-state index contributed by atoms with van der Waals surface area (Å²) in [5, 5.41) is 2.78. The maximum Gasteiger partial charge on any atom is 0.245 e. The molecule has 0 bridgehead atoms. The molecule has 0 saturated carbocycles. The van der Waals surface area contributed by atoms with Crippen molar-refractivity contribution in [2.24, 2.45) is 5.73 Å². The molecule has 0 aliphatic heterocycles. The lowest BCUT2D eigenvalue weighted by molar-refractivity contribution is -0.117. The van der Waals surface area contributed by atoms with Crippen LogP contribution in [0.2, 0.25) is 0 Å². The first-order valence-corrected chi connectivity index (χ1v) is 6.86. The second kappa shape index (κ2) is 6.54. The zero-order valence-corrected chi connectivity index (χ0v) is 12.6. The van der Waals surface area contributed by atoms with E-state index in [1.54, 1.807) is 19.2 Å². The van der Waals surface area contributed by atoms with E-state index in [0.717, 1.165) is 10.0 Å². The summed E-state index contributed by atoms with van der Waals surface area (Å²) in [6, 6.07) is 13.9. The van der Waals surface area contributed by atoms with E-state index in [9.17, 15) is 4.79 Å². The Bertz CT molecular complexity index is 602. The number of nitrogens with one attached hydrogen (secondary N) is 1. The summed E-state index contributed by atoms with van der Waals surface area (Å²) in [6.07, 6.45) is 0. The predicted molar refractivity (Wildman–Crippen MR) is 82.7 cm³/mol. The summed E-state index contributed by atoms with van der Waals surface area (Å²) in [4.78, 5) is 12.2. The Hall–Kier alpha value is -1.85. The van der Waals surface area contributed by atoms with Gasteiger partial charge in [-0.1, -0.05) is 46.3 Å². The molecule has 1 amide bonds. The van der Waals surface area contributed by atoms with Gasteiger partial charge in [0.25, 0.3) is 0 Å². The average Bonchev–Trinajstić information content (AvgIpc) is 2.47. The van der Waals surface area contributed by atoms with E-state index in [-0.39, 0.29) is 5.91 Å². The first-order valence-electron chi connectivity index (χ1n) is 6.06. The van der Waals surface area contributed by atoms with Gasteiger partial charge in [0.1, 0.15) is 11.8 Å². The standard InChI is InChI=1S/C15H15BrN2O2/c1-20-13-8-7-11(16)9-12(13)18-15(19)14(17)10-5-3-2-4-6-10/h2-9,14H,17H2,1H3,(H,18,19). The fraction of sp³-hybridized carbons (Fsp3) is 0.133. The maximum absolute atomic E-state index is 12.2. The molecular formula is C15H15BrN2O2. The van der Waals surface area contributed by atoms with Crippen LogP contribution in [0, 0.1) is 0 Å². The van der Waals surface area contributed by atoms with Crippen molar-refractivity contribution in [3.8, 4) is 5.75 Å². The molecular weight excluding hydrogens is 320 g/mol. The molecule has 0 aromatic heterocycles. The molecule has 0 fully saturated rings. The van der Waals surface area contributed by atoms with Crippen LogP contribution < -0.4 is 15.8 Å². The number of amides is 1. The molecule has 20 heavy (non-hydrogen) atoms. The monoisotopic (exact) mass is 334 g/mol. The number of rotatable bonds is 4. The van der Waals surface area contributed by atoms with Gasteiger partial charge in [-0.2, -0.15) is 0 Å². The summed E-state index contributed by atoms with van der Waals surface area (Å²) in [6.45, 7) is 0. The summed E-state index contributed by atoms with van der Waals surface area (Å²) < 4.78 is 6.06. The third-order valence-corrected chi connectivity index (χ3v) is 3.35. The van der Waals surface area contributed by atoms with Crippen molar-refractivity contribution in [2.45, 2.75) is 6.04 Å². The van der Waals surface area contributed by atoms with Crippen LogP contribution in [-0.2, 0) is 4.79 Å². The first-order chi connectivity index (χ1) is 9.61. The van der Waals surface area contributed by atoms with Gasteiger partial charge in [-0.05, 0) is 23.8 Å². The van der Waals surface area contributed by atoms with E-state index in [1.165, 1.54) is 0 Å². The Morgan fingerprint density at radius 3 is 2.60 bits per heavy atom. The van der Waals surface area contributed by atoms with Crippen molar-refractivity contribution in [1.82, 2.24) is 0 Å². The van der Waals surface area contributed by atoms with E-state index in [1.807, 2.05) is 36.4 Å². The van der Waals surface area contributed by atoms with Gasteiger partial charge < -0.3 is 15.8 Å². The van der Waals surface area contributed by atoms with Crippen molar-refractivity contribution in [3.05, 3.63) is 58.6 Å². The Kier molecular flexibility index (Phi) is 4.76. The molecule has 2 aromatic rings. The second-order valence-corrected chi connectivity index (χ2v) is 5.14. The number of nitrogens with two attached hydrogens (primary N) is 1. The van der Waals surface area contributed by atoms with E-state index in [2.05, 4.69) is 21.2 Å². The van der Waals surface area contributed by atoms with Crippen LogP contribution in [0.4, 0.5) is 5.69 Å². The van der Waals surface area contributed by atoms with Crippen molar-refractivity contribution >= 4 is 27.5 Å². The Morgan fingerprint density at radius 2 is 1.95 bits per heavy atom. The maximum atomic E-state index is 12.2. The van der Waals surface area contributed by atoms with Crippen LogP contribution in [0.25, 0.3) is 0 Å². The zero-order valence-electron chi connectivity index (χ0n) is 11.0. The predicted octanol–water partition coefficient (Wildman–Crippen LogP) is 3.10. The number of hydrogen-bond donors (Lipinski definition) is 2. The van der Waals surface area contributed by atoms with Gasteiger partial charge in [0.15, 0.2) is 0 Å². The first kappa shape index (κ1) is 14.6. The van der Waals surface area contributed by atoms with Crippen LogP contribution in [0.3, 0.4) is 0 Å². The quantitative estimate of drug-likeness (QED) is 0.902. The number of hydrogen-bond acceptors (Lipinski definition) is 3. The van der Waals surface area contributed by atoms with Crippen LogP contribution in [-0.4, -0.2) is 13.0 Å². The normalized spacial score (nSPS) is 11.8. The molecule has 2 aromatic carbocycles. The van der Waals surface area contributed by atoms with Crippen molar-refractivity contribution < 1.29 is 9.53 Å². The molecule has 3 N–H and O–H groups in total. The largest absolute Gasteiger partial charge is 0.495 e. The highest BCUT2D eigenvalue weighted by Gasteiger charge is 2.17. The van der Waals surface area contributed by atoms with Crippen LogP contribution in [0.15, 0.2) is 53.0 Å². The number of carbonyl (C=O) groups is 1. The molecule has 0 saturated heterocycles. The van der Waals surface area contributed by atoms with Gasteiger partial charge in [-0.3, -0.25) is 4.79 Å². The number of carbonyl (C=O) groups excluding carboxylic acids is 1. The lowest BCUT2D eigenvalue weighted by atomic mass is 10.1. The van der Waals surface area contributed by atoms with Crippen LogP contribution >= 0.6 is 15.9 Å². The molecule has 2 rings (SSSR count). The van der Waals surface area contributed by atoms with Gasteiger partial charge in [0, 0.05) is 4.47 Å². The number of methoxy groups -OCH3 is 1. The molecule has 5 heteroatoms. The Morgan fingerprint density at radius 1 is 1.25 bits per heavy atom. The van der Waals surface area contributed by atoms with Crippen molar-refractivity contribution in [3.63, 3.8) is 0 Å². The highest BCUT2D eigenvalue weighted by Crippen LogP contribution is 2.28. The fourth-order valence-electron chi connectivity index (χ4n) is 1.80. The van der Waals surface area contributed by atoms with Crippen LogP contribution in [0.5, 0.6) is 5.75 Å². The van der Waals surface area contributed by atoms with Crippen LogP contribution in [0.1, 0.15) is 11.6 Å². The smallest absolute Gasteiger partial charge is 0.245 e. The highest BCUT2D eigenvalue weighted by molar-refractivity contribution is 9.10.